The normalized spacial score (nSPS) is 15.7. The highest BCUT2D eigenvalue weighted by Gasteiger charge is 2.26. The molecule has 0 saturated carbocycles. The third-order valence-corrected chi connectivity index (χ3v) is 9.38. The van der Waals surface area contributed by atoms with Crippen LogP contribution in [-0.2, 0) is 12.8 Å². The molecule has 5 rings (SSSR count). The number of nitrogens with zero attached hydrogens (tertiary/aromatic N) is 2. The van der Waals surface area contributed by atoms with Gasteiger partial charge in [0.15, 0.2) is 0 Å². The summed E-state index contributed by atoms with van der Waals surface area (Å²) in [6.45, 7) is 5.30. The number of aryl methyl sites for hydroxylation is 1. The quantitative estimate of drug-likeness (QED) is 0.205. The number of methoxy groups -OCH3 is 1. The van der Waals surface area contributed by atoms with Crippen LogP contribution in [0, 0.1) is 0 Å². The molecule has 0 unspecified atom stereocenters. The van der Waals surface area contributed by atoms with Crippen molar-refractivity contribution in [3.8, 4) is 22.6 Å². The molecule has 3 aromatic rings. The summed E-state index contributed by atoms with van der Waals surface area (Å²) >= 11 is 6.10. The molecule has 1 fully saturated rings. The molecular weight excluding hydrogens is 570 g/mol. The van der Waals surface area contributed by atoms with Crippen molar-refractivity contribution < 1.29 is 14.3 Å². The number of likely N-dealkylation sites (N-methyl/N-ethyl adjacent to an activating group) is 1. The molecule has 44 heavy (non-hydrogen) atoms. The van der Waals surface area contributed by atoms with Crippen LogP contribution >= 0.6 is 11.6 Å². The summed E-state index contributed by atoms with van der Waals surface area (Å²) in [5, 5.41) is 3.81. The number of hydrogen-bond donors (Lipinski definition) is 1. The molecule has 0 aromatic heterocycles. The maximum Gasteiger partial charge on any atom is 0.251 e. The van der Waals surface area contributed by atoms with E-state index in [2.05, 4.69) is 27.2 Å². The molecule has 0 radical (unpaired) electrons. The fourth-order valence-corrected chi connectivity index (χ4v) is 6.72. The first-order valence-corrected chi connectivity index (χ1v) is 16.7. The van der Waals surface area contributed by atoms with Gasteiger partial charge < -0.3 is 24.6 Å². The molecule has 236 valence electrons. The second-order valence-electron chi connectivity index (χ2n) is 12.5. The first kappa shape index (κ1) is 32.3. The van der Waals surface area contributed by atoms with Crippen LogP contribution in [-0.4, -0.2) is 76.2 Å². The summed E-state index contributed by atoms with van der Waals surface area (Å²) in [6.07, 6.45) is 9.29. The number of piperidine rings is 1. The third kappa shape index (κ3) is 8.35. The number of ether oxygens (including phenoxy) is 2. The SMILES string of the molecule is COc1c(C2CCN(CCCCNC(=O)c3ccc(-c4ccc(Cl)cc4)c(OCCN(C)C)c3)CC2)ccc2c1CCCC2. The Hall–Kier alpha value is -3.06. The Morgan fingerprint density at radius 1 is 1.00 bits per heavy atom. The first-order valence-electron chi connectivity index (χ1n) is 16.3. The second-order valence-corrected chi connectivity index (χ2v) is 12.9. The predicted octanol–water partition coefficient (Wildman–Crippen LogP) is 7.22. The van der Waals surface area contributed by atoms with Crippen molar-refractivity contribution in [2.75, 3.05) is 60.5 Å². The van der Waals surface area contributed by atoms with Crippen molar-refractivity contribution in [2.45, 2.75) is 57.3 Å². The van der Waals surface area contributed by atoms with E-state index in [1.165, 1.54) is 54.5 Å². The average molecular weight is 618 g/mol. The Labute approximate surface area is 268 Å². The Morgan fingerprint density at radius 3 is 2.52 bits per heavy atom. The Morgan fingerprint density at radius 2 is 1.77 bits per heavy atom. The van der Waals surface area contributed by atoms with Gasteiger partial charge in [-0.3, -0.25) is 4.79 Å². The van der Waals surface area contributed by atoms with Gasteiger partial charge in [0.05, 0.1) is 7.11 Å². The number of halogens is 1. The lowest BCUT2D eigenvalue weighted by Gasteiger charge is -2.33. The van der Waals surface area contributed by atoms with Gasteiger partial charge in [0, 0.05) is 29.2 Å². The van der Waals surface area contributed by atoms with E-state index >= 15 is 0 Å². The van der Waals surface area contributed by atoms with E-state index in [1.807, 2.05) is 63.7 Å². The summed E-state index contributed by atoms with van der Waals surface area (Å²) in [4.78, 5) is 17.7. The maximum atomic E-state index is 13.0. The molecule has 7 heteroatoms. The summed E-state index contributed by atoms with van der Waals surface area (Å²) in [5.41, 5.74) is 6.94. The molecule has 2 aliphatic rings. The van der Waals surface area contributed by atoms with Gasteiger partial charge in [-0.25, -0.2) is 0 Å². The van der Waals surface area contributed by atoms with Gasteiger partial charge in [-0.1, -0.05) is 35.9 Å². The van der Waals surface area contributed by atoms with Gasteiger partial charge >= 0.3 is 0 Å². The van der Waals surface area contributed by atoms with Crippen LogP contribution < -0.4 is 14.8 Å². The van der Waals surface area contributed by atoms with Gasteiger partial charge in [-0.05, 0) is 144 Å². The van der Waals surface area contributed by atoms with Crippen LogP contribution in [0.5, 0.6) is 11.5 Å². The first-order chi connectivity index (χ1) is 21.4. The number of benzene rings is 3. The lowest BCUT2D eigenvalue weighted by atomic mass is 9.83. The van der Waals surface area contributed by atoms with Crippen molar-refractivity contribution in [1.29, 1.82) is 0 Å². The van der Waals surface area contributed by atoms with Crippen LogP contribution in [0.15, 0.2) is 54.6 Å². The highest BCUT2D eigenvalue weighted by molar-refractivity contribution is 6.30. The number of nitrogens with one attached hydrogen (secondary N) is 1. The van der Waals surface area contributed by atoms with Gasteiger partial charge in [0.1, 0.15) is 18.1 Å². The molecular formula is C37H48ClN3O3. The zero-order chi connectivity index (χ0) is 30.9. The smallest absolute Gasteiger partial charge is 0.251 e. The van der Waals surface area contributed by atoms with E-state index < -0.39 is 0 Å². The van der Waals surface area contributed by atoms with Gasteiger partial charge in [-0.15, -0.1) is 0 Å². The van der Waals surface area contributed by atoms with Crippen molar-refractivity contribution >= 4 is 17.5 Å². The Balaban J connectivity index is 1.08. The standard InChI is InChI=1S/C37H48ClN3O3/c1-40(2)24-25-44-35-26-30(13-16-32(35)28-10-14-31(38)15-11-28)37(42)39-20-6-7-21-41-22-18-29(19-23-41)34-17-12-27-8-4-5-9-33(27)36(34)43-3/h10-17,26,29H,4-9,18-25H2,1-3H3,(H,39,42). The monoisotopic (exact) mass is 617 g/mol. The van der Waals surface area contributed by atoms with Gasteiger partial charge in [-0.2, -0.15) is 0 Å². The number of fused-ring (bicyclic) bond motifs is 1. The average Bonchev–Trinajstić information content (AvgIpc) is 3.04. The number of carbonyl (C=O) groups is 1. The lowest BCUT2D eigenvalue weighted by Crippen LogP contribution is -2.34. The third-order valence-electron chi connectivity index (χ3n) is 9.12. The fourth-order valence-electron chi connectivity index (χ4n) is 6.60. The topological polar surface area (TPSA) is 54.0 Å². The minimum atomic E-state index is -0.0649. The van der Waals surface area contributed by atoms with E-state index in [9.17, 15) is 4.79 Å². The van der Waals surface area contributed by atoms with E-state index in [0.717, 1.165) is 56.6 Å². The van der Waals surface area contributed by atoms with Gasteiger partial charge in [0.2, 0.25) is 0 Å². The minimum Gasteiger partial charge on any atom is -0.496 e. The number of carbonyl (C=O) groups excluding carboxylic acids is 1. The Kier molecular flexibility index (Phi) is 11.6. The summed E-state index contributed by atoms with van der Waals surface area (Å²) in [6, 6.07) is 18.1. The zero-order valence-corrected chi connectivity index (χ0v) is 27.4. The largest absolute Gasteiger partial charge is 0.496 e. The van der Waals surface area contributed by atoms with Crippen LogP contribution in [0.25, 0.3) is 11.1 Å². The molecule has 1 aliphatic carbocycles. The van der Waals surface area contributed by atoms with Crippen molar-refractivity contribution in [3.63, 3.8) is 0 Å². The van der Waals surface area contributed by atoms with Crippen molar-refractivity contribution in [2.24, 2.45) is 0 Å². The molecule has 6 nitrogen and oxygen atoms in total. The van der Waals surface area contributed by atoms with E-state index in [4.69, 9.17) is 21.1 Å². The number of unbranched alkanes of at least 4 members (excludes halogenated alkanes) is 1. The number of hydrogen-bond acceptors (Lipinski definition) is 5. The highest BCUT2D eigenvalue weighted by Crippen LogP contribution is 2.40. The lowest BCUT2D eigenvalue weighted by molar-refractivity contribution is 0.0951. The zero-order valence-electron chi connectivity index (χ0n) is 26.7. The van der Waals surface area contributed by atoms with Crippen LogP contribution in [0.1, 0.15) is 71.5 Å². The van der Waals surface area contributed by atoms with E-state index in [-0.39, 0.29) is 5.91 Å². The summed E-state index contributed by atoms with van der Waals surface area (Å²) in [5.74, 6) is 2.39. The molecule has 1 amide bonds. The molecule has 1 N–H and O–H groups in total. The molecule has 1 saturated heterocycles. The Bertz CT molecular complexity index is 1380. The van der Waals surface area contributed by atoms with Crippen molar-refractivity contribution in [3.05, 3.63) is 81.9 Å². The van der Waals surface area contributed by atoms with Crippen LogP contribution in [0.3, 0.4) is 0 Å². The van der Waals surface area contributed by atoms with Crippen LogP contribution in [0.2, 0.25) is 5.02 Å². The molecule has 0 bridgehead atoms. The van der Waals surface area contributed by atoms with Crippen molar-refractivity contribution in [1.82, 2.24) is 15.1 Å². The minimum absolute atomic E-state index is 0.0649. The van der Waals surface area contributed by atoms with Crippen LogP contribution in [0.4, 0.5) is 0 Å². The van der Waals surface area contributed by atoms with E-state index in [0.29, 0.717) is 35.4 Å². The predicted molar refractivity (Wildman–Crippen MR) is 181 cm³/mol. The molecule has 1 heterocycles. The molecule has 0 atom stereocenters. The van der Waals surface area contributed by atoms with E-state index in [1.54, 1.807) is 0 Å². The molecule has 0 spiro atoms. The number of rotatable bonds is 13. The van der Waals surface area contributed by atoms with Gasteiger partial charge in [0.25, 0.3) is 5.91 Å². The molecule has 1 aliphatic heterocycles. The fraction of sp³-hybridized carbons (Fsp3) is 0.486. The summed E-state index contributed by atoms with van der Waals surface area (Å²) in [7, 11) is 5.88. The number of likely N-dealkylation sites (tertiary alicyclic amines) is 1. The molecule has 3 aromatic carbocycles. The highest BCUT2D eigenvalue weighted by atomic mass is 35.5. The number of amides is 1. The second kappa shape index (κ2) is 15.8. The summed E-state index contributed by atoms with van der Waals surface area (Å²) < 4.78 is 12.1. The maximum absolute atomic E-state index is 13.0.